The van der Waals surface area contributed by atoms with Gasteiger partial charge in [0.1, 0.15) is 5.75 Å². The molecular weight excluding hydrogens is 495 g/mol. The van der Waals surface area contributed by atoms with Crippen molar-refractivity contribution >= 4 is 56.4 Å². The third kappa shape index (κ3) is 5.94. The smallest absolute Gasteiger partial charge is 0.243 e. The molecule has 0 heterocycles. The third-order valence-corrected chi connectivity index (χ3v) is 7.16. The number of nitrogens with one attached hydrogen (secondary N) is 1. The molecule has 3 aromatic rings. The third-order valence-electron chi connectivity index (χ3n) is 4.51. The van der Waals surface area contributed by atoms with Gasteiger partial charge in [0, 0.05) is 21.6 Å². The van der Waals surface area contributed by atoms with Crippen molar-refractivity contribution in [3.8, 4) is 5.75 Å². The van der Waals surface area contributed by atoms with Gasteiger partial charge < -0.3 is 10.1 Å². The summed E-state index contributed by atoms with van der Waals surface area (Å²) in [5.74, 6) is -0.0918. The van der Waals surface area contributed by atoms with Crippen molar-refractivity contribution in [2.45, 2.75) is 11.4 Å². The highest BCUT2D eigenvalue weighted by Gasteiger charge is 2.28. The number of carbonyl (C=O) groups is 1. The molecule has 0 saturated carbocycles. The summed E-state index contributed by atoms with van der Waals surface area (Å²) < 4.78 is 33.0. The van der Waals surface area contributed by atoms with Gasteiger partial charge >= 0.3 is 0 Å². The molecule has 0 aliphatic carbocycles. The van der Waals surface area contributed by atoms with Crippen LogP contribution in [0.1, 0.15) is 5.56 Å². The highest BCUT2D eigenvalue weighted by Crippen LogP contribution is 2.27. The van der Waals surface area contributed by atoms with Gasteiger partial charge in [-0.1, -0.05) is 53.0 Å². The molecule has 0 fully saturated rings. The van der Waals surface area contributed by atoms with Gasteiger partial charge in [0.25, 0.3) is 0 Å². The Hall–Kier alpha value is -2.29. The average Bonchev–Trinajstić information content (AvgIpc) is 2.75. The van der Waals surface area contributed by atoms with E-state index in [0.717, 1.165) is 4.31 Å². The normalized spacial score (nSPS) is 11.4. The molecule has 0 unspecified atom stereocenters. The van der Waals surface area contributed by atoms with Gasteiger partial charge in [-0.05, 0) is 54.1 Å². The van der Waals surface area contributed by atoms with Crippen LogP contribution in [-0.2, 0) is 21.4 Å². The number of para-hydroxylation sites is 2. The summed E-state index contributed by atoms with van der Waals surface area (Å²) in [6.07, 6.45) is 0. The van der Waals surface area contributed by atoms with Crippen molar-refractivity contribution in [1.29, 1.82) is 0 Å². The topological polar surface area (TPSA) is 75.7 Å². The second-order valence-electron chi connectivity index (χ2n) is 6.71. The predicted octanol–water partition coefficient (Wildman–Crippen LogP) is 5.49. The summed E-state index contributed by atoms with van der Waals surface area (Å²) in [6.45, 7) is -0.595. The lowest BCUT2D eigenvalue weighted by Crippen LogP contribution is -2.37. The largest absolute Gasteiger partial charge is 0.495 e. The van der Waals surface area contributed by atoms with Gasteiger partial charge in [-0.2, -0.15) is 4.31 Å². The number of hydrogen-bond donors (Lipinski definition) is 1. The van der Waals surface area contributed by atoms with Gasteiger partial charge in [-0.25, -0.2) is 8.42 Å². The Morgan fingerprint density at radius 3 is 2.28 bits per heavy atom. The summed E-state index contributed by atoms with van der Waals surface area (Å²) in [4.78, 5) is 12.8. The monoisotopic (exact) mass is 512 g/mol. The lowest BCUT2D eigenvalue weighted by Gasteiger charge is -2.23. The Kier molecular flexibility index (Phi) is 8.03. The van der Waals surface area contributed by atoms with Crippen LogP contribution in [-0.4, -0.2) is 32.3 Å². The van der Waals surface area contributed by atoms with Crippen molar-refractivity contribution in [3.05, 3.63) is 87.4 Å². The molecule has 0 atom stereocenters. The first-order valence-electron chi connectivity index (χ1n) is 9.33. The van der Waals surface area contributed by atoms with E-state index in [9.17, 15) is 13.2 Å². The lowest BCUT2D eigenvalue weighted by molar-refractivity contribution is -0.116. The molecule has 10 heteroatoms. The maximum absolute atomic E-state index is 13.3. The van der Waals surface area contributed by atoms with E-state index >= 15 is 0 Å². The van der Waals surface area contributed by atoms with Crippen LogP contribution in [0.3, 0.4) is 0 Å². The highest BCUT2D eigenvalue weighted by atomic mass is 35.5. The fraction of sp³-hybridized carbons (Fsp3) is 0.136. The quantitative estimate of drug-likeness (QED) is 0.432. The zero-order valence-corrected chi connectivity index (χ0v) is 20.0. The molecule has 0 radical (unpaired) electrons. The van der Waals surface area contributed by atoms with Gasteiger partial charge in [0.15, 0.2) is 0 Å². The minimum Gasteiger partial charge on any atom is -0.495 e. The number of carbonyl (C=O) groups excluding carboxylic acids is 1. The maximum Gasteiger partial charge on any atom is 0.243 e. The molecule has 6 nitrogen and oxygen atoms in total. The molecule has 32 heavy (non-hydrogen) atoms. The van der Waals surface area contributed by atoms with Crippen LogP contribution >= 0.6 is 34.8 Å². The van der Waals surface area contributed by atoms with Crippen LogP contribution in [0.15, 0.2) is 71.6 Å². The Bertz CT molecular complexity index is 1220. The fourth-order valence-corrected chi connectivity index (χ4v) is 4.89. The summed E-state index contributed by atoms with van der Waals surface area (Å²) in [5, 5.41) is 3.79. The van der Waals surface area contributed by atoms with Crippen molar-refractivity contribution in [3.63, 3.8) is 0 Å². The molecule has 0 aliphatic rings. The summed E-state index contributed by atoms with van der Waals surface area (Å²) in [6, 6.07) is 17.3. The van der Waals surface area contributed by atoms with Crippen LogP contribution in [0.5, 0.6) is 5.75 Å². The number of halogens is 3. The van der Waals surface area contributed by atoms with Crippen LogP contribution in [0, 0.1) is 0 Å². The minimum atomic E-state index is -4.05. The van der Waals surface area contributed by atoms with Gasteiger partial charge in [-0.3, -0.25) is 4.79 Å². The van der Waals surface area contributed by atoms with Gasteiger partial charge in [0.2, 0.25) is 15.9 Å². The molecule has 1 N–H and O–H groups in total. The Morgan fingerprint density at radius 2 is 1.62 bits per heavy atom. The molecule has 0 aromatic heterocycles. The number of ether oxygens (including phenoxy) is 1. The second kappa shape index (κ2) is 10.6. The van der Waals surface area contributed by atoms with Crippen molar-refractivity contribution < 1.29 is 17.9 Å². The van der Waals surface area contributed by atoms with E-state index in [0.29, 0.717) is 32.1 Å². The molecule has 0 saturated heterocycles. The van der Waals surface area contributed by atoms with Crippen molar-refractivity contribution in [2.75, 3.05) is 19.0 Å². The second-order valence-corrected chi connectivity index (χ2v) is 9.93. The number of amides is 1. The van der Waals surface area contributed by atoms with E-state index in [2.05, 4.69) is 5.32 Å². The van der Waals surface area contributed by atoms with Gasteiger partial charge in [-0.15, -0.1) is 0 Å². The first-order chi connectivity index (χ1) is 15.2. The molecule has 0 aliphatic heterocycles. The van der Waals surface area contributed by atoms with Gasteiger partial charge in [0.05, 0.1) is 24.2 Å². The van der Waals surface area contributed by atoms with E-state index in [1.165, 1.54) is 37.4 Å². The van der Waals surface area contributed by atoms with Crippen LogP contribution in [0.2, 0.25) is 15.1 Å². The maximum atomic E-state index is 13.3. The van der Waals surface area contributed by atoms with Crippen LogP contribution in [0.4, 0.5) is 5.69 Å². The molecule has 1 amide bonds. The Morgan fingerprint density at radius 1 is 0.969 bits per heavy atom. The van der Waals surface area contributed by atoms with E-state index in [4.69, 9.17) is 39.5 Å². The number of benzene rings is 3. The number of nitrogens with zero attached hydrogens (tertiary/aromatic N) is 1. The standard InChI is InChI=1S/C22H19Cl3N2O4S/c1-31-21-5-3-2-4-20(21)26-22(28)14-27(13-15-6-7-17(24)12-19(15)25)32(29,30)18-10-8-16(23)9-11-18/h2-12H,13-14H2,1H3,(H,26,28). The molecule has 0 bridgehead atoms. The number of methoxy groups -OCH3 is 1. The number of hydrogen-bond acceptors (Lipinski definition) is 4. The predicted molar refractivity (Wildman–Crippen MR) is 127 cm³/mol. The molecule has 0 spiro atoms. The van der Waals surface area contributed by atoms with Crippen LogP contribution < -0.4 is 10.1 Å². The molecule has 3 aromatic carbocycles. The van der Waals surface area contributed by atoms with E-state index in [-0.39, 0.29) is 11.4 Å². The fourth-order valence-electron chi connectivity index (χ4n) is 2.92. The average molecular weight is 514 g/mol. The molecule has 3 rings (SSSR count). The van der Waals surface area contributed by atoms with Crippen LogP contribution in [0.25, 0.3) is 0 Å². The zero-order valence-electron chi connectivity index (χ0n) is 16.9. The summed E-state index contributed by atoms with van der Waals surface area (Å²) in [7, 11) is -2.58. The first-order valence-corrected chi connectivity index (χ1v) is 11.9. The minimum absolute atomic E-state index is 0.00271. The number of anilines is 1. The lowest BCUT2D eigenvalue weighted by atomic mass is 10.2. The SMILES string of the molecule is COc1ccccc1NC(=O)CN(Cc1ccc(Cl)cc1Cl)S(=O)(=O)c1ccc(Cl)cc1. The van der Waals surface area contributed by atoms with E-state index in [1.807, 2.05) is 0 Å². The van der Waals surface area contributed by atoms with Crippen molar-refractivity contribution in [2.24, 2.45) is 0 Å². The molecular formula is C22H19Cl3N2O4S. The summed E-state index contributed by atoms with van der Waals surface area (Å²) in [5.41, 5.74) is 0.923. The Balaban J connectivity index is 1.92. The highest BCUT2D eigenvalue weighted by molar-refractivity contribution is 7.89. The first kappa shape index (κ1) is 24.4. The zero-order chi connectivity index (χ0) is 23.3. The number of rotatable bonds is 8. The molecule has 168 valence electrons. The van der Waals surface area contributed by atoms with E-state index in [1.54, 1.807) is 36.4 Å². The van der Waals surface area contributed by atoms with Crippen molar-refractivity contribution in [1.82, 2.24) is 4.31 Å². The van der Waals surface area contributed by atoms with E-state index < -0.39 is 22.5 Å². The summed E-state index contributed by atoms with van der Waals surface area (Å²) >= 11 is 18.1. The Labute approximate surface area is 201 Å². The number of sulfonamides is 1.